The van der Waals surface area contributed by atoms with E-state index in [0.29, 0.717) is 17.1 Å². The average Bonchev–Trinajstić information content (AvgIpc) is 2.94. The van der Waals surface area contributed by atoms with E-state index in [0.717, 1.165) is 10.2 Å². The van der Waals surface area contributed by atoms with Crippen LogP contribution in [0.5, 0.6) is 0 Å². The summed E-state index contributed by atoms with van der Waals surface area (Å²) in [4.78, 5) is 15.4. The summed E-state index contributed by atoms with van der Waals surface area (Å²) in [6.07, 6.45) is 1.38. The second-order valence-corrected chi connectivity index (χ2v) is 5.15. The van der Waals surface area contributed by atoms with Gasteiger partial charge in [-0.2, -0.15) is 4.37 Å². The van der Waals surface area contributed by atoms with Crippen LogP contribution in [0.2, 0.25) is 0 Å². The van der Waals surface area contributed by atoms with Gasteiger partial charge in [-0.3, -0.25) is 10.2 Å². The van der Waals surface area contributed by atoms with Gasteiger partial charge in [0.25, 0.3) is 5.91 Å². The lowest BCUT2D eigenvalue weighted by Crippen LogP contribution is -2.29. The summed E-state index contributed by atoms with van der Waals surface area (Å²) in [7, 11) is 0. The Morgan fingerprint density at radius 2 is 2.53 bits per heavy atom. The minimum absolute atomic E-state index is 0.364. The molecule has 90 valence electrons. The quantitative estimate of drug-likeness (QED) is 0.377. The van der Waals surface area contributed by atoms with Crippen molar-refractivity contribution in [2.24, 2.45) is 5.84 Å². The number of thioether (sulfide) groups is 1. The van der Waals surface area contributed by atoms with Crippen molar-refractivity contribution in [3.63, 3.8) is 0 Å². The lowest BCUT2D eigenvalue weighted by Gasteiger charge is -1.92. The topological polar surface area (TPSA) is 94.0 Å². The fourth-order valence-corrected chi connectivity index (χ4v) is 2.67. The van der Waals surface area contributed by atoms with Gasteiger partial charge in [-0.1, -0.05) is 11.8 Å². The number of hydrogen-bond acceptors (Lipinski definition) is 7. The maximum Gasteiger partial charge on any atom is 0.268 e. The van der Waals surface area contributed by atoms with E-state index in [9.17, 15) is 4.79 Å². The molecule has 0 saturated carbocycles. The van der Waals surface area contributed by atoms with E-state index in [4.69, 9.17) is 10.3 Å². The van der Waals surface area contributed by atoms with E-state index in [1.807, 2.05) is 12.3 Å². The minimum Gasteiger partial charge on any atom is -0.468 e. The Bertz CT molecular complexity index is 523. The zero-order chi connectivity index (χ0) is 12.3. The maximum absolute atomic E-state index is 11.2. The van der Waals surface area contributed by atoms with Crippen molar-refractivity contribution in [3.05, 3.63) is 29.5 Å². The van der Waals surface area contributed by atoms with Crippen molar-refractivity contribution in [1.29, 1.82) is 0 Å². The van der Waals surface area contributed by atoms with Gasteiger partial charge in [0.2, 0.25) is 0 Å². The molecule has 0 unspecified atom stereocenters. The number of hydrogen-bond donors (Lipinski definition) is 2. The Morgan fingerprint density at radius 1 is 1.71 bits per heavy atom. The van der Waals surface area contributed by atoms with E-state index in [1.54, 1.807) is 6.07 Å². The molecule has 1 amide bonds. The molecular formula is C9H10N4O2S2. The van der Waals surface area contributed by atoms with Gasteiger partial charge in [0, 0.05) is 0 Å². The smallest absolute Gasteiger partial charge is 0.268 e. The first-order chi connectivity index (χ1) is 8.19. The molecule has 2 aromatic heterocycles. The first-order valence-corrected chi connectivity index (χ1v) is 6.46. The molecule has 2 heterocycles. The summed E-state index contributed by atoms with van der Waals surface area (Å²) in [5, 5.41) is 0. The maximum atomic E-state index is 11.2. The second-order valence-electron chi connectivity index (χ2n) is 3.17. The van der Waals surface area contributed by atoms with Gasteiger partial charge in [-0.25, -0.2) is 10.8 Å². The van der Waals surface area contributed by atoms with Crippen LogP contribution in [-0.4, -0.2) is 15.3 Å². The summed E-state index contributed by atoms with van der Waals surface area (Å²) in [6.45, 7) is 1.84. The normalized spacial score (nSPS) is 10.5. The Hall–Kier alpha value is -1.38. The highest BCUT2D eigenvalue weighted by Crippen LogP contribution is 2.25. The largest absolute Gasteiger partial charge is 0.468 e. The van der Waals surface area contributed by atoms with Gasteiger partial charge in [-0.15, -0.1) is 0 Å². The summed E-state index contributed by atoms with van der Waals surface area (Å²) in [5.74, 6) is 6.72. The summed E-state index contributed by atoms with van der Waals surface area (Å²) >= 11 is 2.86. The highest BCUT2D eigenvalue weighted by molar-refractivity contribution is 8.00. The van der Waals surface area contributed by atoms with Crippen LogP contribution in [-0.2, 0) is 5.75 Å². The van der Waals surface area contributed by atoms with Gasteiger partial charge < -0.3 is 4.42 Å². The fraction of sp³-hybridized carbons (Fsp3) is 0.222. The highest BCUT2D eigenvalue weighted by atomic mass is 32.2. The Kier molecular flexibility index (Phi) is 3.77. The van der Waals surface area contributed by atoms with Crippen LogP contribution in [0, 0.1) is 6.92 Å². The predicted octanol–water partition coefficient (Wildman–Crippen LogP) is 1.34. The molecule has 0 aromatic carbocycles. The molecule has 0 radical (unpaired) electrons. The number of nitrogen functional groups attached to an aromatic ring is 1. The molecule has 6 nitrogen and oxygen atoms in total. The van der Waals surface area contributed by atoms with Crippen LogP contribution >= 0.6 is 23.3 Å². The summed E-state index contributed by atoms with van der Waals surface area (Å²) in [5.41, 5.74) is 2.46. The minimum atomic E-state index is -0.364. The number of furan rings is 1. The van der Waals surface area contributed by atoms with Crippen LogP contribution < -0.4 is 11.3 Å². The third-order valence-electron chi connectivity index (χ3n) is 1.89. The molecule has 2 aromatic rings. The van der Waals surface area contributed by atoms with Crippen LogP contribution in [0.4, 0.5) is 0 Å². The molecule has 0 aliphatic heterocycles. The average molecular weight is 270 g/mol. The molecule has 0 aliphatic rings. The van der Waals surface area contributed by atoms with Crippen molar-refractivity contribution in [1.82, 2.24) is 14.8 Å². The van der Waals surface area contributed by atoms with E-state index < -0.39 is 0 Å². The summed E-state index contributed by atoms with van der Waals surface area (Å²) in [6, 6.07) is 1.66. The molecule has 0 fully saturated rings. The fourth-order valence-electron chi connectivity index (χ4n) is 1.13. The molecule has 17 heavy (non-hydrogen) atoms. The zero-order valence-corrected chi connectivity index (χ0v) is 10.6. The number of aromatic nitrogens is 2. The Morgan fingerprint density at radius 3 is 3.18 bits per heavy atom. The molecule has 0 aliphatic carbocycles. The van der Waals surface area contributed by atoms with Crippen LogP contribution in [0.3, 0.4) is 0 Å². The lowest BCUT2D eigenvalue weighted by molar-refractivity contribution is 0.0953. The van der Waals surface area contributed by atoms with E-state index in [1.165, 1.54) is 29.6 Å². The number of nitrogens with two attached hydrogens (primary N) is 1. The first kappa shape index (κ1) is 12.1. The number of aryl methyl sites for hydroxylation is 1. The van der Waals surface area contributed by atoms with Gasteiger partial charge in [0.15, 0.2) is 4.34 Å². The third kappa shape index (κ3) is 3.05. The number of hydrazine groups is 1. The van der Waals surface area contributed by atoms with Crippen molar-refractivity contribution < 1.29 is 9.21 Å². The molecule has 3 N–H and O–H groups in total. The van der Waals surface area contributed by atoms with Crippen LogP contribution in [0.15, 0.2) is 21.1 Å². The summed E-state index contributed by atoms with van der Waals surface area (Å²) < 4.78 is 10.2. The number of carbonyl (C=O) groups is 1. The predicted molar refractivity (Wildman–Crippen MR) is 64.6 cm³/mol. The molecule has 0 saturated heterocycles. The Labute approximate surface area is 106 Å². The van der Waals surface area contributed by atoms with Crippen molar-refractivity contribution >= 4 is 29.2 Å². The third-order valence-corrected chi connectivity index (χ3v) is 3.84. The van der Waals surface area contributed by atoms with Gasteiger partial charge in [0.1, 0.15) is 17.8 Å². The number of nitrogens with one attached hydrogen (secondary N) is 1. The first-order valence-electron chi connectivity index (χ1n) is 4.70. The molecule has 0 atom stereocenters. The van der Waals surface area contributed by atoms with Gasteiger partial charge in [0.05, 0.1) is 11.3 Å². The Balaban J connectivity index is 1.95. The monoisotopic (exact) mass is 270 g/mol. The number of nitrogens with zero attached hydrogens (tertiary/aromatic N) is 2. The van der Waals surface area contributed by atoms with Crippen molar-refractivity contribution in [2.45, 2.75) is 17.0 Å². The van der Waals surface area contributed by atoms with Crippen molar-refractivity contribution in [3.8, 4) is 0 Å². The number of rotatable bonds is 4. The van der Waals surface area contributed by atoms with E-state index in [2.05, 4.69) is 9.36 Å². The molecule has 2 rings (SSSR count). The molecular weight excluding hydrogens is 260 g/mol. The standard InChI is InChI=1S/C9H10N4O2S2/c1-5-11-9(17-13-5)16-4-7-2-6(3-15-7)8(14)12-10/h2-3H,4,10H2,1H3,(H,12,14). The molecule has 0 spiro atoms. The zero-order valence-electron chi connectivity index (χ0n) is 8.97. The van der Waals surface area contributed by atoms with Crippen LogP contribution in [0.1, 0.15) is 21.9 Å². The van der Waals surface area contributed by atoms with E-state index >= 15 is 0 Å². The van der Waals surface area contributed by atoms with Gasteiger partial charge in [-0.05, 0) is 24.5 Å². The van der Waals surface area contributed by atoms with Crippen molar-refractivity contribution in [2.75, 3.05) is 0 Å². The second kappa shape index (κ2) is 5.30. The molecule has 8 heteroatoms. The van der Waals surface area contributed by atoms with Gasteiger partial charge >= 0.3 is 0 Å². The van der Waals surface area contributed by atoms with Crippen LogP contribution in [0.25, 0.3) is 0 Å². The molecule has 0 bridgehead atoms. The van der Waals surface area contributed by atoms with E-state index in [-0.39, 0.29) is 5.91 Å². The number of amides is 1. The number of carbonyl (C=O) groups excluding carboxylic acids is 1. The highest BCUT2D eigenvalue weighted by Gasteiger charge is 2.09. The SMILES string of the molecule is Cc1nsc(SCc2cc(C(=O)NN)co2)n1. The lowest BCUT2D eigenvalue weighted by atomic mass is 10.3.